The molecule has 3 rings (SSSR count). The second kappa shape index (κ2) is 7.23. The third kappa shape index (κ3) is 3.44. The van der Waals surface area contributed by atoms with Crippen LogP contribution in [-0.4, -0.2) is 40.8 Å². The third-order valence-corrected chi connectivity index (χ3v) is 4.38. The van der Waals surface area contributed by atoms with Gasteiger partial charge in [0.05, 0.1) is 16.5 Å². The van der Waals surface area contributed by atoms with E-state index in [-0.39, 0.29) is 16.7 Å². The van der Waals surface area contributed by atoms with Gasteiger partial charge in [0, 0.05) is 32.2 Å². The van der Waals surface area contributed by atoms with Crippen molar-refractivity contribution in [1.29, 1.82) is 0 Å². The number of nitro groups is 1. The zero-order valence-electron chi connectivity index (χ0n) is 13.2. The van der Waals surface area contributed by atoms with Gasteiger partial charge >= 0.3 is 0 Å². The molecule has 1 amide bonds. The molecular weight excluding hydrogens is 306 g/mol. The molecule has 1 aliphatic heterocycles. The Morgan fingerprint density at radius 1 is 1.08 bits per heavy atom. The first-order valence-corrected chi connectivity index (χ1v) is 7.89. The Kier molecular flexibility index (Phi) is 4.86. The highest BCUT2D eigenvalue weighted by molar-refractivity contribution is 5.52. The predicted octanol–water partition coefficient (Wildman–Crippen LogP) is 2.61. The van der Waals surface area contributed by atoms with E-state index in [0.717, 1.165) is 19.5 Å². The molecule has 0 aliphatic carbocycles. The van der Waals surface area contributed by atoms with E-state index in [1.807, 2.05) is 18.2 Å². The van der Waals surface area contributed by atoms with Gasteiger partial charge in [-0.1, -0.05) is 48.5 Å². The van der Waals surface area contributed by atoms with Crippen molar-refractivity contribution in [3.05, 3.63) is 75.8 Å². The first kappa shape index (κ1) is 16.1. The lowest BCUT2D eigenvalue weighted by Gasteiger charge is -2.39. The number of carbonyl (C=O) groups excluding carboxylic acids is 1. The van der Waals surface area contributed by atoms with E-state index in [1.165, 1.54) is 11.6 Å². The summed E-state index contributed by atoms with van der Waals surface area (Å²) >= 11 is 0. The summed E-state index contributed by atoms with van der Waals surface area (Å²) in [6, 6.07) is 16.5. The highest BCUT2D eigenvalue weighted by atomic mass is 16.6. The molecule has 2 aromatic rings. The van der Waals surface area contributed by atoms with Crippen molar-refractivity contribution in [3.63, 3.8) is 0 Å². The second-order valence-corrected chi connectivity index (χ2v) is 5.90. The van der Waals surface area contributed by atoms with E-state index in [4.69, 9.17) is 0 Å². The molecule has 1 saturated heterocycles. The fourth-order valence-electron chi connectivity index (χ4n) is 3.18. The predicted molar refractivity (Wildman–Crippen MR) is 90.3 cm³/mol. The zero-order valence-corrected chi connectivity index (χ0v) is 13.2. The first-order valence-electron chi connectivity index (χ1n) is 7.89. The zero-order chi connectivity index (χ0) is 16.9. The van der Waals surface area contributed by atoms with Crippen molar-refractivity contribution in [3.8, 4) is 0 Å². The van der Waals surface area contributed by atoms with Gasteiger partial charge in [0.2, 0.25) is 6.41 Å². The number of nitro benzene ring substituents is 1. The molecule has 124 valence electrons. The van der Waals surface area contributed by atoms with Crippen molar-refractivity contribution in [1.82, 2.24) is 9.80 Å². The molecule has 1 aliphatic rings. The van der Waals surface area contributed by atoms with Crippen molar-refractivity contribution >= 4 is 12.1 Å². The van der Waals surface area contributed by atoms with Crippen LogP contribution in [0.25, 0.3) is 0 Å². The molecule has 6 nitrogen and oxygen atoms in total. The minimum Gasteiger partial charge on any atom is -0.335 e. The van der Waals surface area contributed by atoms with Gasteiger partial charge < -0.3 is 4.90 Å². The number of piperazine rings is 1. The van der Waals surface area contributed by atoms with E-state index < -0.39 is 0 Å². The van der Waals surface area contributed by atoms with Crippen molar-refractivity contribution in [2.24, 2.45) is 0 Å². The minimum absolute atomic E-state index is 0.0657. The molecule has 0 spiro atoms. The summed E-state index contributed by atoms with van der Waals surface area (Å²) < 4.78 is 0. The highest BCUT2D eigenvalue weighted by Crippen LogP contribution is 2.31. The van der Waals surface area contributed by atoms with Crippen LogP contribution in [0, 0.1) is 10.1 Å². The fraction of sp³-hybridized carbons (Fsp3) is 0.278. The van der Waals surface area contributed by atoms with Gasteiger partial charge in [-0.15, -0.1) is 0 Å². The van der Waals surface area contributed by atoms with Crippen LogP contribution in [0.2, 0.25) is 0 Å². The van der Waals surface area contributed by atoms with Gasteiger partial charge in [-0.05, 0) is 5.56 Å². The van der Waals surface area contributed by atoms with Crippen LogP contribution in [-0.2, 0) is 11.3 Å². The summed E-state index contributed by atoms with van der Waals surface area (Å²) in [5, 5.41) is 11.3. The normalized spacial score (nSPS) is 18.3. The van der Waals surface area contributed by atoms with Crippen LogP contribution in [0.1, 0.15) is 17.2 Å². The molecule has 1 fully saturated rings. The summed E-state index contributed by atoms with van der Waals surface area (Å²) in [6.45, 7) is 2.67. The maximum atomic E-state index is 11.4. The van der Waals surface area contributed by atoms with E-state index in [0.29, 0.717) is 18.7 Å². The average Bonchev–Trinajstić information content (AvgIpc) is 2.62. The lowest BCUT2D eigenvalue weighted by Crippen LogP contribution is -2.47. The van der Waals surface area contributed by atoms with E-state index in [2.05, 4.69) is 17.0 Å². The van der Waals surface area contributed by atoms with Crippen molar-refractivity contribution < 1.29 is 9.72 Å². The Balaban J connectivity index is 1.84. The molecule has 24 heavy (non-hydrogen) atoms. The van der Waals surface area contributed by atoms with Crippen LogP contribution in [0.3, 0.4) is 0 Å². The standard InChI is InChI=1S/C18H19N3O3/c22-14-20-11-10-19(12-15-6-2-1-3-7-15)13-18(20)16-8-4-5-9-17(16)21(23)24/h1-9,14,18H,10-13H2. The Morgan fingerprint density at radius 3 is 2.50 bits per heavy atom. The third-order valence-electron chi connectivity index (χ3n) is 4.38. The maximum Gasteiger partial charge on any atom is 0.274 e. The fourth-order valence-corrected chi connectivity index (χ4v) is 3.18. The van der Waals surface area contributed by atoms with Crippen LogP contribution in [0.5, 0.6) is 0 Å². The van der Waals surface area contributed by atoms with Gasteiger partial charge in [0.15, 0.2) is 0 Å². The maximum absolute atomic E-state index is 11.4. The SMILES string of the molecule is O=CN1CCN(Cc2ccccc2)CC1c1ccccc1[N+](=O)[O-]. The molecule has 2 aromatic carbocycles. The lowest BCUT2D eigenvalue weighted by molar-refractivity contribution is -0.386. The largest absolute Gasteiger partial charge is 0.335 e. The topological polar surface area (TPSA) is 66.7 Å². The monoisotopic (exact) mass is 325 g/mol. The lowest BCUT2D eigenvalue weighted by atomic mass is 10.0. The minimum atomic E-state index is -0.380. The van der Waals surface area contributed by atoms with E-state index in [1.54, 1.807) is 23.1 Å². The summed E-state index contributed by atoms with van der Waals surface area (Å²) in [5.41, 5.74) is 1.85. The molecule has 0 bridgehead atoms. The highest BCUT2D eigenvalue weighted by Gasteiger charge is 2.31. The quantitative estimate of drug-likeness (QED) is 0.481. The molecule has 0 N–H and O–H groups in total. The van der Waals surface area contributed by atoms with Gasteiger partial charge in [-0.3, -0.25) is 19.8 Å². The number of carbonyl (C=O) groups is 1. The van der Waals surface area contributed by atoms with Crippen LogP contribution in [0.4, 0.5) is 5.69 Å². The van der Waals surface area contributed by atoms with Gasteiger partial charge in [0.1, 0.15) is 0 Å². The number of para-hydroxylation sites is 1. The van der Waals surface area contributed by atoms with E-state index >= 15 is 0 Å². The van der Waals surface area contributed by atoms with Gasteiger partial charge in [0.25, 0.3) is 5.69 Å². The van der Waals surface area contributed by atoms with Crippen LogP contribution >= 0.6 is 0 Å². The summed E-state index contributed by atoms with van der Waals surface area (Å²) in [6.07, 6.45) is 0.793. The van der Waals surface area contributed by atoms with Crippen LogP contribution in [0.15, 0.2) is 54.6 Å². The number of hydrogen-bond donors (Lipinski definition) is 0. The van der Waals surface area contributed by atoms with Crippen molar-refractivity contribution in [2.45, 2.75) is 12.6 Å². The summed E-state index contributed by atoms with van der Waals surface area (Å²) in [5.74, 6) is 0. The Hall–Kier alpha value is -2.73. The first-order chi connectivity index (χ1) is 11.7. The number of hydrogen-bond acceptors (Lipinski definition) is 4. The molecule has 0 radical (unpaired) electrons. The second-order valence-electron chi connectivity index (χ2n) is 5.90. The molecule has 0 aromatic heterocycles. The summed E-state index contributed by atoms with van der Waals surface area (Å²) in [4.78, 5) is 26.3. The molecule has 0 saturated carbocycles. The Morgan fingerprint density at radius 2 is 1.79 bits per heavy atom. The Bertz CT molecular complexity index is 720. The summed E-state index contributed by atoms with van der Waals surface area (Å²) in [7, 11) is 0. The van der Waals surface area contributed by atoms with Gasteiger partial charge in [-0.2, -0.15) is 0 Å². The number of nitrogens with zero attached hydrogens (tertiary/aromatic N) is 3. The van der Waals surface area contributed by atoms with Crippen LogP contribution < -0.4 is 0 Å². The molecule has 1 unspecified atom stereocenters. The number of amides is 1. The smallest absolute Gasteiger partial charge is 0.274 e. The molecule has 6 heteroatoms. The number of benzene rings is 2. The molecule has 1 heterocycles. The molecule has 1 atom stereocenters. The Labute approximate surface area is 140 Å². The van der Waals surface area contributed by atoms with E-state index in [9.17, 15) is 14.9 Å². The number of rotatable bonds is 5. The van der Waals surface area contributed by atoms with Gasteiger partial charge in [-0.25, -0.2) is 0 Å². The van der Waals surface area contributed by atoms with Crippen molar-refractivity contribution in [2.75, 3.05) is 19.6 Å². The molecular formula is C18H19N3O3. The average molecular weight is 325 g/mol.